The number of nitrogens with zero attached hydrogens (tertiary/aromatic N) is 1. The largest absolute Gasteiger partial charge is 0.355 e. The van der Waals surface area contributed by atoms with Crippen molar-refractivity contribution < 1.29 is 14.0 Å². The van der Waals surface area contributed by atoms with Gasteiger partial charge >= 0.3 is 0 Å². The van der Waals surface area contributed by atoms with Gasteiger partial charge in [0.05, 0.1) is 0 Å². The van der Waals surface area contributed by atoms with Crippen LogP contribution in [0.5, 0.6) is 0 Å². The van der Waals surface area contributed by atoms with E-state index in [2.05, 4.69) is 15.6 Å². The molecule has 2 N–H and O–H groups in total. The lowest BCUT2D eigenvalue weighted by Crippen LogP contribution is -2.20. The fourth-order valence-electron chi connectivity index (χ4n) is 1.89. The van der Waals surface area contributed by atoms with Gasteiger partial charge < -0.3 is 10.6 Å². The number of hydrogen-bond donors (Lipinski definition) is 2. The van der Waals surface area contributed by atoms with Crippen molar-refractivity contribution in [2.45, 2.75) is 6.92 Å². The molecule has 0 fully saturated rings. The smallest absolute Gasteiger partial charge is 0.255 e. The second-order valence-corrected chi connectivity index (χ2v) is 4.38. The second-order valence-electron chi connectivity index (χ2n) is 4.38. The van der Waals surface area contributed by atoms with Crippen LogP contribution in [0.1, 0.15) is 26.3 Å². The number of aromatic nitrogens is 1. The molecule has 0 aliphatic heterocycles. The van der Waals surface area contributed by atoms with Gasteiger partial charge in [-0.2, -0.15) is 4.39 Å². The Kier molecular flexibility index (Phi) is 4.27. The number of anilines is 1. The number of amides is 2. The van der Waals surface area contributed by atoms with Crippen LogP contribution >= 0.6 is 0 Å². The quantitative estimate of drug-likeness (QED) is 0.850. The highest BCUT2D eigenvalue weighted by Gasteiger charge is 2.13. The van der Waals surface area contributed by atoms with Gasteiger partial charge in [0, 0.05) is 36.1 Å². The molecule has 6 heteroatoms. The van der Waals surface area contributed by atoms with Gasteiger partial charge in [0.25, 0.3) is 11.8 Å². The molecule has 2 rings (SSSR count). The first-order chi connectivity index (χ1) is 10.0. The predicted octanol–water partition coefficient (Wildman–Crippen LogP) is 2.14. The van der Waals surface area contributed by atoms with Crippen molar-refractivity contribution >= 4 is 17.5 Å². The summed E-state index contributed by atoms with van der Waals surface area (Å²) in [5.41, 5.74) is 1.77. The maximum Gasteiger partial charge on any atom is 0.255 e. The van der Waals surface area contributed by atoms with Crippen LogP contribution in [-0.4, -0.2) is 23.8 Å². The molecule has 1 aromatic carbocycles. The maximum atomic E-state index is 13.0. The third-order valence-electron chi connectivity index (χ3n) is 3.04. The number of hydrogen-bond acceptors (Lipinski definition) is 3. The molecule has 0 atom stereocenters. The summed E-state index contributed by atoms with van der Waals surface area (Å²) in [5.74, 6) is -1.43. The van der Waals surface area contributed by atoms with Gasteiger partial charge in [-0.15, -0.1) is 0 Å². The van der Waals surface area contributed by atoms with Crippen molar-refractivity contribution in [1.29, 1.82) is 0 Å². The number of pyridine rings is 1. The van der Waals surface area contributed by atoms with Gasteiger partial charge in [-0.05, 0) is 30.7 Å². The number of carbonyl (C=O) groups excluding carboxylic acids is 2. The van der Waals surface area contributed by atoms with Crippen molar-refractivity contribution in [2.24, 2.45) is 0 Å². The molecule has 0 saturated carbocycles. The van der Waals surface area contributed by atoms with Crippen LogP contribution in [0.4, 0.5) is 10.1 Å². The fourth-order valence-corrected chi connectivity index (χ4v) is 1.89. The van der Waals surface area contributed by atoms with Crippen LogP contribution in [0.15, 0.2) is 36.5 Å². The van der Waals surface area contributed by atoms with Gasteiger partial charge in [0.1, 0.15) is 0 Å². The fraction of sp³-hybridized carbons (Fsp3) is 0.133. The third-order valence-corrected chi connectivity index (χ3v) is 3.04. The molecule has 0 aliphatic carbocycles. The number of halogens is 1. The Morgan fingerprint density at radius 3 is 2.62 bits per heavy atom. The van der Waals surface area contributed by atoms with E-state index in [1.807, 2.05) is 0 Å². The Hall–Kier alpha value is -2.76. The lowest BCUT2D eigenvalue weighted by molar-refractivity contribution is 0.0960. The minimum Gasteiger partial charge on any atom is -0.355 e. The number of benzene rings is 1. The second kappa shape index (κ2) is 6.13. The predicted molar refractivity (Wildman–Crippen MR) is 76.7 cm³/mol. The van der Waals surface area contributed by atoms with Crippen LogP contribution in [0, 0.1) is 12.9 Å². The summed E-state index contributed by atoms with van der Waals surface area (Å²) >= 11 is 0. The van der Waals surface area contributed by atoms with Crippen molar-refractivity contribution in [1.82, 2.24) is 10.3 Å². The molecule has 21 heavy (non-hydrogen) atoms. The van der Waals surface area contributed by atoms with E-state index in [1.165, 1.54) is 19.3 Å². The van der Waals surface area contributed by atoms with Crippen LogP contribution in [-0.2, 0) is 0 Å². The lowest BCUT2D eigenvalue weighted by atomic mass is 10.1. The molecular weight excluding hydrogens is 273 g/mol. The van der Waals surface area contributed by atoms with E-state index < -0.39 is 11.9 Å². The molecule has 0 unspecified atom stereocenters. The molecule has 2 amide bonds. The van der Waals surface area contributed by atoms with Gasteiger partial charge in [-0.25, -0.2) is 4.98 Å². The third kappa shape index (κ3) is 3.22. The molecule has 0 bridgehead atoms. The maximum absolute atomic E-state index is 13.0. The van der Waals surface area contributed by atoms with E-state index in [9.17, 15) is 14.0 Å². The Bertz CT molecular complexity index is 701. The van der Waals surface area contributed by atoms with Crippen LogP contribution in [0.2, 0.25) is 0 Å². The van der Waals surface area contributed by atoms with Gasteiger partial charge in [-0.1, -0.05) is 6.07 Å². The molecule has 108 valence electrons. The standard InChI is InChI=1S/C15H14FN3O2/c1-9-11(15(21)17-2)4-3-5-12(9)19-14(20)10-6-7-18-13(16)8-10/h3-8H,1-2H3,(H,17,21)(H,19,20). The lowest BCUT2D eigenvalue weighted by Gasteiger charge is -2.11. The SMILES string of the molecule is CNC(=O)c1cccc(NC(=O)c2ccnc(F)c2)c1C. The average molecular weight is 287 g/mol. The molecule has 0 spiro atoms. The minimum absolute atomic E-state index is 0.159. The van der Waals surface area contributed by atoms with Crippen molar-refractivity contribution in [3.8, 4) is 0 Å². The first-order valence-corrected chi connectivity index (χ1v) is 6.27. The van der Waals surface area contributed by atoms with E-state index in [4.69, 9.17) is 0 Å². The molecule has 1 heterocycles. The molecule has 1 aromatic heterocycles. The van der Waals surface area contributed by atoms with E-state index in [-0.39, 0.29) is 11.5 Å². The highest BCUT2D eigenvalue weighted by molar-refractivity contribution is 6.06. The van der Waals surface area contributed by atoms with E-state index >= 15 is 0 Å². The summed E-state index contributed by atoms with van der Waals surface area (Å²) in [5, 5.41) is 5.19. The number of carbonyl (C=O) groups is 2. The molecule has 0 aliphatic rings. The van der Waals surface area contributed by atoms with E-state index in [0.717, 1.165) is 6.07 Å². The Balaban J connectivity index is 2.28. The van der Waals surface area contributed by atoms with Crippen LogP contribution < -0.4 is 10.6 Å². The summed E-state index contributed by atoms with van der Waals surface area (Å²) in [4.78, 5) is 27.2. The first kappa shape index (κ1) is 14.6. The Morgan fingerprint density at radius 1 is 1.19 bits per heavy atom. The number of rotatable bonds is 3. The average Bonchev–Trinajstić information content (AvgIpc) is 2.48. The minimum atomic E-state index is -0.724. The van der Waals surface area contributed by atoms with Crippen molar-refractivity contribution in [3.63, 3.8) is 0 Å². The van der Waals surface area contributed by atoms with Crippen molar-refractivity contribution in [2.75, 3.05) is 12.4 Å². The molecule has 2 aromatic rings. The summed E-state index contributed by atoms with van der Waals surface area (Å²) in [6.07, 6.45) is 1.22. The summed E-state index contributed by atoms with van der Waals surface area (Å²) in [6.45, 7) is 1.73. The van der Waals surface area contributed by atoms with E-state index in [0.29, 0.717) is 16.8 Å². The normalized spacial score (nSPS) is 10.0. The van der Waals surface area contributed by atoms with E-state index in [1.54, 1.807) is 25.1 Å². The number of nitrogens with one attached hydrogen (secondary N) is 2. The van der Waals surface area contributed by atoms with Crippen molar-refractivity contribution in [3.05, 3.63) is 59.2 Å². The highest BCUT2D eigenvalue weighted by atomic mass is 19.1. The Labute approximate surface area is 121 Å². The topological polar surface area (TPSA) is 71.1 Å². The highest BCUT2D eigenvalue weighted by Crippen LogP contribution is 2.19. The zero-order chi connectivity index (χ0) is 15.4. The zero-order valence-electron chi connectivity index (χ0n) is 11.6. The Morgan fingerprint density at radius 2 is 1.95 bits per heavy atom. The summed E-state index contributed by atoms with van der Waals surface area (Å²) in [7, 11) is 1.53. The zero-order valence-corrected chi connectivity index (χ0v) is 11.6. The van der Waals surface area contributed by atoms with Gasteiger partial charge in [0.15, 0.2) is 0 Å². The molecule has 0 radical (unpaired) electrons. The van der Waals surface area contributed by atoms with Crippen LogP contribution in [0.3, 0.4) is 0 Å². The monoisotopic (exact) mass is 287 g/mol. The summed E-state index contributed by atoms with van der Waals surface area (Å²) < 4.78 is 13.0. The first-order valence-electron chi connectivity index (χ1n) is 6.27. The van der Waals surface area contributed by atoms with Crippen LogP contribution in [0.25, 0.3) is 0 Å². The summed E-state index contributed by atoms with van der Waals surface area (Å²) in [6, 6.07) is 7.47. The molecule has 0 saturated heterocycles. The molecule has 5 nitrogen and oxygen atoms in total. The van der Waals surface area contributed by atoms with Gasteiger partial charge in [-0.3, -0.25) is 9.59 Å². The van der Waals surface area contributed by atoms with Gasteiger partial charge in [0.2, 0.25) is 5.95 Å². The molecular formula is C15H14FN3O2.